The van der Waals surface area contributed by atoms with Crippen LogP contribution in [-0.2, 0) is 4.74 Å². The van der Waals surface area contributed by atoms with Gasteiger partial charge in [0.25, 0.3) is 5.88 Å². The second-order valence-corrected chi connectivity index (χ2v) is 6.77. The molecule has 0 fully saturated rings. The van der Waals surface area contributed by atoms with Gasteiger partial charge in [0.1, 0.15) is 12.7 Å². The molecule has 0 aliphatic heterocycles. The zero-order chi connectivity index (χ0) is 20.9. The largest absolute Gasteiger partial charge is 0.476 e. The number of nitrogens with zero attached hydrogens (tertiary/aromatic N) is 2. The van der Waals surface area contributed by atoms with Crippen LogP contribution in [-0.4, -0.2) is 41.2 Å². The first-order chi connectivity index (χ1) is 14.7. The van der Waals surface area contributed by atoms with Gasteiger partial charge in [-0.1, -0.05) is 48.5 Å². The van der Waals surface area contributed by atoms with E-state index in [4.69, 9.17) is 14.6 Å². The minimum atomic E-state index is -0.695. The van der Waals surface area contributed by atoms with Crippen molar-refractivity contribution in [2.45, 2.75) is 12.3 Å². The summed E-state index contributed by atoms with van der Waals surface area (Å²) in [5, 5.41) is 27.1. The van der Waals surface area contributed by atoms with E-state index in [2.05, 4.69) is 27.6 Å². The lowest BCUT2D eigenvalue weighted by Gasteiger charge is -2.14. The van der Waals surface area contributed by atoms with Gasteiger partial charge in [0.2, 0.25) is 0 Å². The lowest BCUT2D eigenvalue weighted by molar-refractivity contribution is 0.158. The second kappa shape index (κ2) is 8.68. The zero-order valence-electron chi connectivity index (χ0n) is 16.1. The van der Waals surface area contributed by atoms with Gasteiger partial charge in [0.05, 0.1) is 6.61 Å². The van der Waals surface area contributed by atoms with Crippen LogP contribution in [0, 0.1) is 11.3 Å². The molecule has 0 bridgehead atoms. The summed E-state index contributed by atoms with van der Waals surface area (Å²) in [5.74, 6) is 0.117. The number of amides is 1. The highest BCUT2D eigenvalue weighted by molar-refractivity contribution is 5.86. The minimum absolute atomic E-state index is 0.0306. The molecule has 3 N–H and O–H groups in total. The minimum Gasteiger partial charge on any atom is -0.476 e. The summed E-state index contributed by atoms with van der Waals surface area (Å²) in [6.45, 7) is 0.341. The molecule has 4 rings (SSSR count). The number of anilines is 1. The number of nitriles is 1. The fraction of sp³-hybridized carbons (Fsp3) is 0.227. The topological polar surface area (TPSA) is 120 Å². The van der Waals surface area contributed by atoms with Crippen LogP contribution in [0.5, 0.6) is 5.88 Å². The molecule has 30 heavy (non-hydrogen) atoms. The number of ether oxygens (including phenoxy) is 2. The van der Waals surface area contributed by atoms with Crippen LogP contribution >= 0.6 is 0 Å². The molecule has 1 amide bonds. The second-order valence-electron chi connectivity index (χ2n) is 6.77. The predicted octanol–water partition coefficient (Wildman–Crippen LogP) is 3.40. The molecule has 0 spiro atoms. The number of nitrogens with one attached hydrogen (secondary N) is 2. The Morgan fingerprint density at radius 2 is 1.83 bits per heavy atom. The molecule has 8 heteroatoms. The van der Waals surface area contributed by atoms with Crippen molar-refractivity contribution >= 4 is 11.9 Å². The number of aromatic nitrogens is 2. The van der Waals surface area contributed by atoms with E-state index in [1.807, 2.05) is 42.5 Å². The fourth-order valence-corrected chi connectivity index (χ4v) is 3.59. The van der Waals surface area contributed by atoms with E-state index in [1.54, 1.807) is 0 Å². The van der Waals surface area contributed by atoms with Gasteiger partial charge in [-0.3, -0.25) is 10.4 Å². The molecule has 2 aromatic carbocycles. The highest BCUT2D eigenvalue weighted by atomic mass is 16.5. The number of hydrogen-bond acceptors (Lipinski definition) is 6. The summed E-state index contributed by atoms with van der Waals surface area (Å²) in [5.41, 5.74) is 4.59. The van der Waals surface area contributed by atoms with Crippen LogP contribution in [0.4, 0.5) is 10.6 Å². The summed E-state index contributed by atoms with van der Waals surface area (Å²) in [4.78, 5) is 12.4. The molecule has 1 aliphatic rings. The predicted molar refractivity (Wildman–Crippen MR) is 109 cm³/mol. The van der Waals surface area contributed by atoms with E-state index in [0.717, 1.165) is 22.3 Å². The molecule has 1 aromatic heterocycles. The van der Waals surface area contributed by atoms with Gasteiger partial charge in [-0.15, -0.1) is 5.10 Å². The van der Waals surface area contributed by atoms with Gasteiger partial charge >= 0.3 is 6.09 Å². The van der Waals surface area contributed by atoms with Crippen LogP contribution in [0.3, 0.4) is 0 Å². The third-order valence-corrected chi connectivity index (χ3v) is 4.96. The van der Waals surface area contributed by atoms with Gasteiger partial charge < -0.3 is 14.6 Å². The maximum atomic E-state index is 12.4. The van der Waals surface area contributed by atoms with Crippen LogP contribution in [0.1, 0.15) is 29.0 Å². The number of carbonyl (C=O) groups excluding carboxylic acids is 1. The number of hydrogen-bond donors (Lipinski definition) is 3. The molecule has 0 saturated carbocycles. The molecule has 152 valence electrons. The van der Waals surface area contributed by atoms with Gasteiger partial charge in [-0.25, -0.2) is 4.79 Å². The third-order valence-electron chi connectivity index (χ3n) is 4.96. The Kier molecular flexibility index (Phi) is 5.63. The van der Waals surface area contributed by atoms with Crippen LogP contribution in [0.15, 0.2) is 48.5 Å². The molecule has 0 saturated heterocycles. The lowest BCUT2D eigenvalue weighted by Crippen LogP contribution is -2.18. The maximum Gasteiger partial charge on any atom is 0.412 e. The molecule has 8 nitrogen and oxygen atoms in total. The van der Waals surface area contributed by atoms with Crippen molar-refractivity contribution in [3.8, 4) is 23.1 Å². The van der Waals surface area contributed by atoms with E-state index in [-0.39, 0.29) is 43.0 Å². The number of aliphatic hydroxyl groups excluding tert-OH is 1. The van der Waals surface area contributed by atoms with E-state index in [1.165, 1.54) is 0 Å². The number of rotatable bonds is 7. The number of fused-ring (bicyclic) bond motifs is 3. The smallest absolute Gasteiger partial charge is 0.412 e. The Morgan fingerprint density at radius 1 is 1.17 bits per heavy atom. The summed E-state index contributed by atoms with van der Waals surface area (Å²) in [7, 11) is 0. The van der Waals surface area contributed by atoms with Crippen molar-refractivity contribution in [1.82, 2.24) is 10.2 Å². The van der Waals surface area contributed by atoms with Gasteiger partial charge in [0.15, 0.2) is 11.4 Å². The van der Waals surface area contributed by atoms with Crippen LogP contribution in [0.2, 0.25) is 0 Å². The average molecular weight is 404 g/mol. The van der Waals surface area contributed by atoms with E-state index >= 15 is 0 Å². The Labute approximate surface area is 173 Å². The zero-order valence-corrected chi connectivity index (χ0v) is 16.1. The Morgan fingerprint density at radius 3 is 2.47 bits per heavy atom. The SMILES string of the molecule is N#Cc1c(OCCCO)n[nH]c1NC(=O)OCC1c2ccccc2-c2ccccc21. The van der Waals surface area contributed by atoms with Crippen LogP contribution < -0.4 is 10.1 Å². The van der Waals surface area contributed by atoms with Crippen molar-refractivity contribution in [2.24, 2.45) is 0 Å². The number of benzene rings is 2. The molecular formula is C22H20N4O4. The van der Waals surface area contributed by atoms with Crippen molar-refractivity contribution < 1.29 is 19.4 Å². The standard InChI is InChI=1S/C22H20N4O4/c23-12-18-20(25-26-21(18)29-11-5-10-27)24-22(28)30-13-19-16-8-3-1-6-14(16)15-7-2-4-9-17(15)19/h1-4,6-9,19,27H,5,10-11,13H2,(H2,24,25,26,28). The van der Waals surface area contributed by atoms with Gasteiger partial charge in [-0.2, -0.15) is 5.26 Å². The highest BCUT2D eigenvalue weighted by Gasteiger charge is 2.29. The molecule has 0 unspecified atom stereocenters. The molecule has 0 atom stereocenters. The molecule has 3 aromatic rings. The normalized spacial score (nSPS) is 12.0. The van der Waals surface area contributed by atoms with E-state index in [0.29, 0.717) is 6.42 Å². The van der Waals surface area contributed by atoms with Gasteiger partial charge in [0, 0.05) is 18.9 Å². The highest BCUT2D eigenvalue weighted by Crippen LogP contribution is 2.44. The molecule has 1 aliphatic carbocycles. The van der Waals surface area contributed by atoms with Crippen molar-refractivity contribution in [3.63, 3.8) is 0 Å². The maximum absolute atomic E-state index is 12.4. The van der Waals surface area contributed by atoms with Crippen molar-refractivity contribution in [3.05, 3.63) is 65.2 Å². The Bertz CT molecular complexity index is 1060. The molecular weight excluding hydrogens is 384 g/mol. The molecule has 0 radical (unpaired) electrons. The fourth-order valence-electron chi connectivity index (χ4n) is 3.59. The first kappa shape index (κ1) is 19.5. The number of carbonyl (C=O) groups is 1. The first-order valence-electron chi connectivity index (χ1n) is 9.57. The summed E-state index contributed by atoms with van der Waals surface area (Å²) in [6, 6.07) is 18.1. The first-order valence-corrected chi connectivity index (χ1v) is 9.57. The quantitative estimate of drug-likeness (QED) is 0.519. The van der Waals surface area contributed by atoms with Gasteiger partial charge in [-0.05, 0) is 22.3 Å². The lowest BCUT2D eigenvalue weighted by atomic mass is 9.98. The van der Waals surface area contributed by atoms with E-state index < -0.39 is 6.09 Å². The Balaban J connectivity index is 1.43. The monoisotopic (exact) mass is 404 g/mol. The third kappa shape index (κ3) is 3.71. The van der Waals surface area contributed by atoms with Crippen molar-refractivity contribution in [2.75, 3.05) is 25.1 Å². The Hall–Kier alpha value is -3.83. The van der Waals surface area contributed by atoms with Crippen LogP contribution in [0.25, 0.3) is 11.1 Å². The summed E-state index contributed by atoms with van der Waals surface area (Å²) >= 11 is 0. The molecule has 1 heterocycles. The van der Waals surface area contributed by atoms with Crippen molar-refractivity contribution in [1.29, 1.82) is 5.26 Å². The summed E-state index contributed by atoms with van der Waals surface area (Å²) < 4.78 is 10.8. The van der Waals surface area contributed by atoms with E-state index in [9.17, 15) is 10.1 Å². The number of aliphatic hydroxyl groups is 1. The number of H-pyrrole nitrogens is 1. The summed E-state index contributed by atoms with van der Waals surface area (Å²) in [6.07, 6.45) is -0.286. The average Bonchev–Trinajstić information content (AvgIpc) is 3.31. The number of aromatic amines is 1.